The van der Waals surface area contributed by atoms with Crippen molar-refractivity contribution in [3.63, 3.8) is 0 Å². The second kappa shape index (κ2) is 6.39. The first-order valence-electron chi connectivity index (χ1n) is 5.77. The lowest BCUT2D eigenvalue weighted by atomic mass is 10.2. The van der Waals surface area contributed by atoms with Crippen LogP contribution in [0, 0.1) is 11.3 Å². The van der Waals surface area contributed by atoms with Crippen LogP contribution in [0.2, 0.25) is 0 Å². The predicted octanol–water partition coefficient (Wildman–Crippen LogP) is 2.85. The van der Waals surface area contributed by atoms with E-state index < -0.39 is 24.3 Å². The number of nitriles is 1. The first-order chi connectivity index (χ1) is 9.24. The fraction of sp³-hybridized carbons (Fsp3) is 0.385. The fourth-order valence-electron chi connectivity index (χ4n) is 1.32. The van der Waals surface area contributed by atoms with Crippen LogP contribution in [-0.2, 0) is 9.53 Å². The summed E-state index contributed by atoms with van der Waals surface area (Å²) in [5, 5.41) is 11.0. The van der Waals surface area contributed by atoms with Gasteiger partial charge in [-0.3, -0.25) is 4.79 Å². The van der Waals surface area contributed by atoms with Crippen LogP contribution in [-0.4, -0.2) is 24.3 Å². The number of anilines is 1. The molecule has 0 radical (unpaired) electrons. The van der Waals surface area contributed by atoms with Crippen molar-refractivity contribution in [2.45, 2.75) is 32.2 Å². The Morgan fingerprint density at radius 3 is 2.30 bits per heavy atom. The zero-order valence-electron chi connectivity index (χ0n) is 10.9. The van der Waals surface area contributed by atoms with Gasteiger partial charge in [0, 0.05) is 5.69 Å². The monoisotopic (exact) mass is 286 g/mol. The van der Waals surface area contributed by atoms with Gasteiger partial charge in [-0.05, 0) is 38.1 Å². The van der Waals surface area contributed by atoms with Gasteiger partial charge in [-0.2, -0.15) is 18.4 Å². The van der Waals surface area contributed by atoms with Crippen molar-refractivity contribution in [3.8, 4) is 6.07 Å². The normalized spacial score (nSPS) is 14.2. The molecule has 1 rings (SSSR count). The van der Waals surface area contributed by atoms with E-state index in [2.05, 4.69) is 10.1 Å². The van der Waals surface area contributed by atoms with E-state index in [0.29, 0.717) is 11.3 Å². The molecule has 2 atom stereocenters. The van der Waals surface area contributed by atoms with Crippen molar-refractivity contribution < 1.29 is 22.7 Å². The van der Waals surface area contributed by atoms with Crippen molar-refractivity contribution in [3.05, 3.63) is 29.8 Å². The summed E-state index contributed by atoms with van der Waals surface area (Å²) in [5.74, 6) is -0.689. The Hall–Kier alpha value is -2.07. The van der Waals surface area contributed by atoms with Crippen LogP contribution in [0.3, 0.4) is 0 Å². The van der Waals surface area contributed by atoms with E-state index in [9.17, 15) is 18.0 Å². The molecule has 1 aromatic rings. The molecule has 0 saturated carbocycles. The Labute approximate surface area is 114 Å². The molecule has 1 amide bonds. The molecule has 1 aromatic carbocycles. The highest BCUT2D eigenvalue weighted by atomic mass is 19.4. The Bertz CT molecular complexity index is 506. The number of hydrogen-bond donors (Lipinski definition) is 1. The number of hydrogen-bond acceptors (Lipinski definition) is 3. The van der Waals surface area contributed by atoms with Crippen LogP contribution >= 0.6 is 0 Å². The summed E-state index contributed by atoms with van der Waals surface area (Å²) in [7, 11) is 0. The number of benzene rings is 1. The van der Waals surface area contributed by atoms with Gasteiger partial charge in [0.05, 0.1) is 11.6 Å². The first-order valence-corrected chi connectivity index (χ1v) is 5.77. The minimum Gasteiger partial charge on any atom is -0.356 e. The van der Waals surface area contributed by atoms with Crippen LogP contribution in [0.25, 0.3) is 0 Å². The summed E-state index contributed by atoms with van der Waals surface area (Å²) in [6, 6.07) is 7.85. The molecule has 1 N–H and O–H groups in total. The number of ether oxygens (including phenoxy) is 1. The molecule has 0 aliphatic carbocycles. The average molecular weight is 286 g/mol. The Balaban J connectivity index is 2.59. The molecule has 0 fully saturated rings. The number of carbonyl (C=O) groups is 1. The number of nitrogens with zero attached hydrogens (tertiary/aromatic N) is 1. The number of nitrogens with one attached hydrogen (secondary N) is 1. The molecule has 108 valence electrons. The van der Waals surface area contributed by atoms with Gasteiger partial charge in [-0.15, -0.1) is 0 Å². The summed E-state index contributed by atoms with van der Waals surface area (Å²) >= 11 is 0. The molecule has 0 bridgehead atoms. The largest absolute Gasteiger partial charge is 0.414 e. The Morgan fingerprint density at radius 1 is 1.30 bits per heavy atom. The van der Waals surface area contributed by atoms with Crippen LogP contribution in [0.1, 0.15) is 19.4 Å². The Kier molecular flexibility index (Phi) is 5.11. The third-order valence-corrected chi connectivity index (χ3v) is 2.52. The second-order valence-electron chi connectivity index (χ2n) is 4.14. The minimum atomic E-state index is -4.51. The zero-order chi connectivity index (χ0) is 15.3. The van der Waals surface area contributed by atoms with Crippen molar-refractivity contribution in [2.75, 3.05) is 5.32 Å². The molecule has 0 aliphatic rings. The highest BCUT2D eigenvalue weighted by Gasteiger charge is 2.38. The lowest BCUT2D eigenvalue weighted by molar-refractivity contribution is -0.223. The van der Waals surface area contributed by atoms with Gasteiger partial charge in [-0.1, -0.05) is 0 Å². The van der Waals surface area contributed by atoms with Gasteiger partial charge in [0.15, 0.2) is 6.10 Å². The summed E-state index contributed by atoms with van der Waals surface area (Å²) in [6.07, 6.45) is -7.78. The van der Waals surface area contributed by atoms with Crippen LogP contribution in [0.5, 0.6) is 0 Å². The minimum absolute atomic E-state index is 0.379. The molecule has 2 unspecified atom stereocenters. The highest BCUT2D eigenvalue weighted by molar-refractivity contribution is 5.93. The van der Waals surface area contributed by atoms with Gasteiger partial charge >= 0.3 is 6.18 Å². The van der Waals surface area contributed by atoms with Gasteiger partial charge in [0.25, 0.3) is 5.91 Å². The van der Waals surface area contributed by atoms with Gasteiger partial charge in [-0.25, -0.2) is 0 Å². The van der Waals surface area contributed by atoms with Crippen LogP contribution in [0.15, 0.2) is 24.3 Å². The number of carbonyl (C=O) groups excluding carboxylic acids is 1. The van der Waals surface area contributed by atoms with E-state index in [4.69, 9.17) is 5.26 Å². The molecule has 0 aliphatic heterocycles. The number of halogens is 3. The predicted molar refractivity (Wildman–Crippen MR) is 65.9 cm³/mol. The quantitative estimate of drug-likeness (QED) is 0.925. The van der Waals surface area contributed by atoms with E-state index in [0.717, 1.165) is 6.92 Å². The van der Waals surface area contributed by atoms with Gasteiger partial charge < -0.3 is 10.1 Å². The molecule has 20 heavy (non-hydrogen) atoms. The van der Waals surface area contributed by atoms with E-state index in [1.54, 1.807) is 0 Å². The average Bonchev–Trinajstić information content (AvgIpc) is 2.38. The van der Waals surface area contributed by atoms with E-state index in [1.165, 1.54) is 31.2 Å². The standard InChI is InChI=1S/C13H13F3N2O2/c1-8(20-9(2)13(14,15)16)12(19)18-11-5-3-10(7-17)4-6-11/h3-6,8-9H,1-2H3,(H,18,19). The topological polar surface area (TPSA) is 62.1 Å². The van der Waals surface area contributed by atoms with Gasteiger partial charge in [0.2, 0.25) is 0 Å². The molecule has 0 saturated heterocycles. The van der Waals surface area contributed by atoms with E-state index in [1.807, 2.05) is 6.07 Å². The summed E-state index contributed by atoms with van der Waals surface area (Å²) < 4.78 is 41.5. The van der Waals surface area contributed by atoms with Crippen molar-refractivity contribution in [1.29, 1.82) is 5.26 Å². The molecular weight excluding hydrogens is 273 g/mol. The highest BCUT2D eigenvalue weighted by Crippen LogP contribution is 2.23. The third-order valence-electron chi connectivity index (χ3n) is 2.52. The molecule has 0 spiro atoms. The van der Waals surface area contributed by atoms with Crippen molar-refractivity contribution in [2.24, 2.45) is 0 Å². The SMILES string of the molecule is CC(OC(C)C(F)(F)F)C(=O)Nc1ccc(C#N)cc1. The second-order valence-corrected chi connectivity index (χ2v) is 4.14. The smallest absolute Gasteiger partial charge is 0.356 e. The van der Waals surface area contributed by atoms with E-state index >= 15 is 0 Å². The fourth-order valence-corrected chi connectivity index (χ4v) is 1.32. The van der Waals surface area contributed by atoms with Gasteiger partial charge in [0.1, 0.15) is 6.10 Å². The lowest BCUT2D eigenvalue weighted by Gasteiger charge is -2.20. The molecule has 0 heterocycles. The number of alkyl halides is 3. The summed E-state index contributed by atoms with van der Waals surface area (Å²) in [6.45, 7) is 2.08. The number of rotatable bonds is 4. The maximum atomic E-state index is 12.3. The van der Waals surface area contributed by atoms with Crippen LogP contribution < -0.4 is 5.32 Å². The maximum absolute atomic E-state index is 12.3. The van der Waals surface area contributed by atoms with Crippen molar-refractivity contribution >= 4 is 11.6 Å². The molecule has 7 heteroatoms. The molecular formula is C13H13F3N2O2. The third kappa shape index (κ3) is 4.55. The Morgan fingerprint density at radius 2 is 1.85 bits per heavy atom. The zero-order valence-corrected chi connectivity index (χ0v) is 10.9. The van der Waals surface area contributed by atoms with Crippen molar-refractivity contribution in [1.82, 2.24) is 0 Å². The summed E-state index contributed by atoms with van der Waals surface area (Å²) in [4.78, 5) is 11.7. The lowest BCUT2D eigenvalue weighted by Crippen LogP contribution is -2.37. The maximum Gasteiger partial charge on any atom is 0.414 e. The van der Waals surface area contributed by atoms with E-state index in [-0.39, 0.29) is 0 Å². The molecule has 4 nitrogen and oxygen atoms in total. The molecule has 0 aromatic heterocycles. The number of amides is 1. The van der Waals surface area contributed by atoms with Crippen LogP contribution in [0.4, 0.5) is 18.9 Å². The first kappa shape index (κ1) is 16.0. The summed E-state index contributed by atoms with van der Waals surface area (Å²) in [5.41, 5.74) is 0.794.